The summed E-state index contributed by atoms with van der Waals surface area (Å²) in [4.78, 5) is 30.6. The van der Waals surface area contributed by atoms with Crippen LogP contribution in [0.1, 0.15) is 43.6 Å². The summed E-state index contributed by atoms with van der Waals surface area (Å²) in [7, 11) is -3.68. The van der Waals surface area contributed by atoms with Gasteiger partial charge in [0.2, 0.25) is 10.0 Å². The summed E-state index contributed by atoms with van der Waals surface area (Å²) in [5, 5.41) is 3.68. The molecule has 0 saturated carbocycles. The molecule has 0 radical (unpaired) electrons. The van der Waals surface area contributed by atoms with Crippen LogP contribution in [0.25, 0.3) is 16.9 Å². The van der Waals surface area contributed by atoms with Crippen molar-refractivity contribution in [3.8, 4) is 11.4 Å². The minimum Gasteiger partial charge on any atom is -0.435 e. The number of rotatable bonds is 6. The molecule has 1 atom stereocenters. The normalized spacial score (nSPS) is 19.4. The van der Waals surface area contributed by atoms with Gasteiger partial charge in [0.05, 0.1) is 16.8 Å². The fourth-order valence-corrected chi connectivity index (χ4v) is 5.13. The molecule has 13 heteroatoms. The van der Waals surface area contributed by atoms with E-state index in [-0.39, 0.29) is 35.1 Å². The van der Waals surface area contributed by atoms with Gasteiger partial charge in [-0.25, -0.2) is 22.8 Å². The van der Waals surface area contributed by atoms with E-state index in [1.807, 2.05) is 0 Å². The smallest absolute Gasteiger partial charge is 0.387 e. The second kappa shape index (κ2) is 8.89. The average Bonchev–Trinajstić information content (AvgIpc) is 3.03. The number of sulfonamides is 1. The summed E-state index contributed by atoms with van der Waals surface area (Å²) in [6.07, 6.45) is 2.93. The van der Waals surface area contributed by atoms with E-state index >= 15 is 0 Å². The van der Waals surface area contributed by atoms with Gasteiger partial charge in [0.25, 0.3) is 5.91 Å². The molecule has 1 aliphatic heterocycles. The second-order valence-electron chi connectivity index (χ2n) is 8.53. The number of pyridine rings is 1. The van der Waals surface area contributed by atoms with Crippen LogP contribution in [-0.4, -0.2) is 40.7 Å². The van der Waals surface area contributed by atoms with Crippen LogP contribution < -0.4 is 20.5 Å². The van der Waals surface area contributed by atoms with E-state index in [4.69, 9.17) is 0 Å². The Morgan fingerprint density at radius 1 is 1.29 bits per heavy atom. The number of hydrogen-bond donors (Lipinski definition) is 2. The number of nitrogens with one attached hydrogen (secondary N) is 2. The molecule has 0 aliphatic carbocycles. The third-order valence-electron chi connectivity index (χ3n) is 5.35. The van der Waals surface area contributed by atoms with Gasteiger partial charge in [-0.3, -0.25) is 9.36 Å². The second-order valence-corrected chi connectivity index (χ2v) is 10.1. The molecule has 3 heterocycles. The molecule has 2 N–H and O–H groups in total. The van der Waals surface area contributed by atoms with Gasteiger partial charge in [-0.15, -0.1) is 0 Å². The summed E-state index contributed by atoms with van der Waals surface area (Å²) in [6.45, 7) is 2.06. The van der Waals surface area contributed by atoms with Crippen LogP contribution in [0.4, 0.5) is 8.78 Å². The van der Waals surface area contributed by atoms with Crippen LogP contribution in [0.2, 0.25) is 0 Å². The number of ether oxygens (including phenoxy) is 1. The summed E-state index contributed by atoms with van der Waals surface area (Å²) in [5.74, 6) is -0.717. The number of aromatic nitrogens is 3. The van der Waals surface area contributed by atoms with Gasteiger partial charge in [-0.1, -0.05) is 12.1 Å². The maximum atomic E-state index is 13.3. The predicted molar refractivity (Wildman–Crippen MR) is 124 cm³/mol. The van der Waals surface area contributed by atoms with Crippen molar-refractivity contribution in [1.29, 1.82) is 0 Å². The van der Waals surface area contributed by atoms with Crippen LogP contribution in [0, 0.1) is 0 Å². The molecule has 1 amide bonds. The van der Waals surface area contributed by atoms with Crippen LogP contribution >= 0.6 is 0 Å². The number of nitrogens with zero attached hydrogens (tertiary/aromatic N) is 3. The molecule has 0 spiro atoms. The Morgan fingerprint density at radius 3 is 2.69 bits per heavy atom. The SMILES string of the molecule is CC(C)n1c(=O)n(-c2cccc(OC(F)F)c2)c2ncc(C(=O)N[C@]3(C)CC=CS(=O)(=O)N3)cc21. The molecule has 0 bridgehead atoms. The van der Waals surface area contributed by atoms with Crippen LogP contribution in [0.5, 0.6) is 5.75 Å². The summed E-state index contributed by atoms with van der Waals surface area (Å²) in [6, 6.07) is 6.82. The third kappa shape index (κ3) is 4.95. The van der Waals surface area contributed by atoms with E-state index in [9.17, 15) is 26.8 Å². The first-order chi connectivity index (χ1) is 16.4. The van der Waals surface area contributed by atoms with Crippen LogP contribution in [-0.2, 0) is 10.0 Å². The Labute approximate surface area is 199 Å². The summed E-state index contributed by atoms with van der Waals surface area (Å²) >= 11 is 0. The number of imidazole rings is 1. The lowest BCUT2D eigenvalue weighted by molar-refractivity contribution is -0.0498. The quantitative estimate of drug-likeness (QED) is 0.529. The molecular formula is C22H23F2N5O5S. The van der Waals surface area contributed by atoms with Crippen LogP contribution in [0.3, 0.4) is 0 Å². The molecule has 0 fully saturated rings. The number of benzene rings is 1. The van der Waals surface area contributed by atoms with Gasteiger partial charge >= 0.3 is 12.3 Å². The minimum atomic E-state index is -3.68. The average molecular weight is 508 g/mol. The Kier molecular flexibility index (Phi) is 6.23. The summed E-state index contributed by atoms with van der Waals surface area (Å²) < 4.78 is 58.6. The highest BCUT2D eigenvalue weighted by Gasteiger charge is 2.33. The molecule has 35 heavy (non-hydrogen) atoms. The molecule has 4 rings (SSSR count). The molecule has 186 valence electrons. The van der Waals surface area contributed by atoms with Crippen molar-refractivity contribution in [3.05, 3.63) is 64.1 Å². The highest BCUT2D eigenvalue weighted by atomic mass is 32.2. The Balaban J connectivity index is 1.77. The largest absolute Gasteiger partial charge is 0.435 e. The molecule has 0 saturated heterocycles. The van der Waals surface area contributed by atoms with Crippen molar-refractivity contribution in [3.63, 3.8) is 0 Å². The lowest BCUT2D eigenvalue weighted by atomic mass is 10.1. The maximum absolute atomic E-state index is 13.3. The Hall–Kier alpha value is -3.58. The van der Waals surface area contributed by atoms with Gasteiger partial charge in [0.15, 0.2) is 5.65 Å². The van der Waals surface area contributed by atoms with Crippen molar-refractivity contribution >= 4 is 27.1 Å². The number of carbonyl (C=O) groups excluding carboxylic acids is 1. The summed E-state index contributed by atoms with van der Waals surface area (Å²) in [5.41, 5.74) is -0.804. The van der Waals surface area contributed by atoms with Gasteiger partial charge in [0.1, 0.15) is 11.4 Å². The molecule has 1 aliphatic rings. The number of fused-ring (bicyclic) bond motifs is 1. The maximum Gasteiger partial charge on any atom is 0.387 e. The number of carbonyl (C=O) groups is 1. The van der Waals surface area contributed by atoms with E-state index < -0.39 is 33.9 Å². The van der Waals surface area contributed by atoms with E-state index in [0.29, 0.717) is 5.52 Å². The van der Waals surface area contributed by atoms with Crippen LogP contribution in [0.15, 0.2) is 52.8 Å². The zero-order chi connectivity index (χ0) is 25.5. The van der Waals surface area contributed by atoms with E-state index in [1.165, 1.54) is 52.6 Å². The molecule has 3 aromatic rings. The molecule has 2 aromatic heterocycles. The van der Waals surface area contributed by atoms with Crippen molar-refractivity contribution in [2.24, 2.45) is 0 Å². The molecule has 0 unspecified atom stereocenters. The lowest BCUT2D eigenvalue weighted by Gasteiger charge is -2.32. The number of alkyl halides is 2. The number of amides is 1. The van der Waals surface area contributed by atoms with Gasteiger partial charge in [-0.05, 0) is 39.0 Å². The number of halogens is 2. The van der Waals surface area contributed by atoms with Gasteiger partial charge in [-0.2, -0.15) is 13.5 Å². The molecule has 1 aromatic carbocycles. The fraction of sp³-hybridized carbons (Fsp3) is 0.318. The highest BCUT2D eigenvalue weighted by Crippen LogP contribution is 2.24. The zero-order valence-corrected chi connectivity index (χ0v) is 19.8. The fourth-order valence-electron chi connectivity index (χ4n) is 3.95. The molecular weight excluding hydrogens is 484 g/mol. The van der Waals surface area contributed by atoms with E-state index in [1.54, 1.807) is 19.9 Å². The standard InChI is InChI=1S/C22H23F2N5O5S/c1-13(2)28-17-10-14(19(30)26-22(3)8-5-9-35(32,33)27-22)12-25-18(17)29(21(28)31)15-6-4-7-16(11-15)34-20(23)24/h4-7,9-13,20,27H,8H2,1-3H3,(H,26,30)/t22-/m0/s1. The Bertz CT molecular complexity index is 1500. The van der Waals surface area contributed by atoms with E-state index in [0.717, 1.165) is 5.41 Å². The van der Waals surface area contributed by atoms with Crippen molar-refractivity contribution in [1.82, 2.24) is 24.2 Å². The number of hydrogen-bond acceptors (Lipinski definition) is 6. The predicted octanol–water partition coefficient (Wildman–Crippen LogP) is 2.65. The van der Waals surface area contributed by atoms with Gasteiger partial charge in [0, 0.05) is 30.1 Å². The third-order valence-corrected chi connectivity index (χ3v) is 6.64. The van der Waals surface area contributed by atoms with Crippen molar-refractivity contribution in [2.45, 2.75) is 45.5 Å². The monoisotopic (exact) mass is 507 g/mol. The first-order valence-electron chi connectivity index (χ1n) is 10.6. The zero-order valence-electron chi connectivity index (χ0n) is 19.0. The minimum absolute atomic E-state index is 0.105. The first-order valence-corrected chi connectivity index (χ1v) is 12.1. The molecule has 10 nitrogen and oxygen atoms in total. The van der Waals surface area contributed by atoms with Crippen molar-refractivity contribution < 1.29 is 26.7 Å². The van der Waals surface area contributed by atoms with Gasteiger partial charge < -0.3 is 10.1 Å². The first kappa shape index (κ1) is 24.5. The van der Waals surface area contributed by atoms with Crippen molar-refractivity contribution in [2.75, 3.05) is 0 Å². The topological polar surface area (TPSA) is 124 Å². The van der Waals surface area contributed by atoms with E-state index in [2.05, 4.69) is 19.8 Å². The lowest BCUT2D eigenvalue weighted by Crippen LogP contribution is -2.59. The Morgan fingerprint density at radius 2 is 2.03 bits per heavy atom. The highest BCUT2D eigenvalue weighted by molar-refractivity contribution is 7.92.